The number of unbranched alkanes of at least 4 members (excludes halogenated alkanes) is 2. The normalized spacial score (nSPS) is 11.5. The van der Waals surface area contributed by atoms with Gasteiger partial charge in [0.25, 0.3) is 5.91 Å². The molecule has 122 valence electrons. The van der Waals surface area contributed by atoms with Crippen molar-refractivity contribution in [2.75, 3.05) is 13.2 Å². The zero-order valence-corrected chi connectivity index (χ0v) is 13.0. The first-order valence-electron chi connectivity index (χ1n) is 7.40. The second-order valence-corrected chi connectivity index (χ2v) is 4.95. The molecule has 2 N–H and O–H groups in total. The second kappa shape index (κ2) is 9.65. The van der Waals surface area contributed by atoms with E-state index in [4.69, 9.17) is 14.6 Å². The highest BCUT2D eigenvalue weighted by atomic mass is 16.5. The molecule has 0 saturated carbocycles. The van der Waals surface area contributed by atoms with Crippen LogP contribution in [0, 0.1) is 0 Å². The van der Waals surface area contributed by atoms with Gasteiger partial charge in [-0.15, -0.1) is 0 Å². The predicted octanol–water partition coefficient (Wildman–Crippen LogP) is 2.22. The van der Waals surface area contributed by atoms with E-state index in [1.54, 1.807) is 18.2 Å². The Bertz CT molecular complexity index is 489. The van der Waals surface area contributed by atoms with Crippen LogP contribution in [0.5, 0.6) is 11.5 Å². The van der Waals surface area contributed by atoms with Gasteiger partial charge in [-0.05, 0) is 25.5 Å². The standard InChI is InChI=1S/C16H23NO5/c1-3-4-5-9-21-13-7-6-8-14(10-13)22-11-15(18)17-12(2)16(19)20/h6-8,10,12H,3-5,9,11H2,1-2H3,(H,17,18)(H,19,20). The molecule has 1 aromatic carbocycles. The number of nitrogens with one attached hydrogen (secondary N) is 1. The molecule has 1 amide bonds. The molecule has 0 aliphatic rings. The van der Waals surface area contributed by atoms with Gasteiger partial charge in [0.15, 0.2) is 6.61 Å². The molecule has 1 rings (SSSR count). The van der Waals surface area contributed by atoms with Crippen LogP contribution in [0.1, 0.15) is 33.1 Å². The molecule has 1 aromatic rings. The molecule has 0 aliphatic carbocycles. The van der Waals surface area contributed by atoms with E-state index in [1.165, 1.54) is 6.92 Å². The van der Waals surface area contributed by atoms with Gasteiger partial charge in [0, 0.05) is 6.07 Å². The number of carbonyl (C=O) groups is 2. The molecule has 1 unspecified atom stereocenters. The van der Waals surface area contributed by atoms with E-state index in [2.05, 4.69) is 12.2 Å². The van der Waals surface area contributed by atoms with Gasteiger partial charge in [0.05, 0.1) is 6.61 Å². The van der Waals surface area contributed by atoms with Crippen molar-refractivity contribution in [1.29, 1.82) is 0 Å². The molecule has 0 aromatic heterocycles. The van der Waals surface area contributed by atoms with Crippen LogP contribution in [0.25, 0.3) is 0 Å². The number of ether oxygens (including phenoxy) is 2. The van der Waals surface area contributed by atoms with Crippen LogP contribution in [0.15, 0.2) is 24.3 Å². The maximum atomic E-state index is 11.5. The number of carbonyl (C=O) groups excluding carboxylic acids is 1. The average molecular weight is 309 g/mol. The van der Waals surface area contributed by atoms with E-state index in [9.17, 15) is 9.59 Å². The van der Waals surface area contributed by atoms with Crippen LogP contribution in [-0.4, -0.2) is 36.2 Å². The molecular weight excluding hydrogens is 286 g/mol. The van der Waals surface area contributed by atoms with Crippen molar-refractivity contribution in [3.8, 4) is 11.5 Å². The summed E-state index contributed by atoms with van der Waals surface area (Å²) < 4.78 is 10.9. The minimum absolute atomic E-state index is 0.239. The van der Waals surface area contributed by atoms with Crippen molar-refractivity contribution < 1.29 is 24.2 Å². The fourth-order valence-corrected chi connectivity index (χ4v) is 1.69. The number of hydrogen-bond acceptors (Lipinski definition) is 4. The lowest BCUT2D eigenvalue weighted by molar-refractivity contribution is -0.141. The fourth-order valence-electron chi connectivity index (χ4n) is 1.69. The molecule has 0 radical (unpaired) electrons. The van der Waals surface area contributed by atoms with Crippen LogP contribution in [0.3, 0.4) is 0 Å². The lowest BCUT2D eigenvalue weighted by atomic mass is 10.3. The molecule has 0 spiro atoms. The number of carboxylic acid groups (broad SMARTS) is 1. The van der Waals surface area contributed by atoms with Gasteiger partial charge < -0.3 is 19.9 Å². The number of hydrogen-bond donors (Lipinski definition) is 2. The third kappa shape index (κ3) is 6.97. The first-order chi connectivity index (χ1) is 10.5. The van der Waals surface area contributed by atoms with E-state index >= 15 is 0 Å². The number of aliphatic carboxylic acids is 1. The zero-order chi connectivity index (χ0) is 16.4. The minimum atomic E-state index is -1.09. The Morgan fingerprint density at radius 1 is 1.23 bits per heavy atom. The van der Waals surface area contributed by atoms with Gasteiger partial charge in [0.1, 0.15) is 17.5 Å². The molecule has 6 nitrogen and oxygen atoms in total. The van der Waals surface area contributed by atoms with Crippen molar-refractivity contribution >= 4 is 11.9 Å². The molecule has 22 heavy (non-hydrogen) atoms. The number of amides is 1. The van der Waals surface area contributed by atoms with Gasteiger partial charge in [-0.3, -0.25) is 9.59 Å². The Balaban J connectivity index is 2.39. The van der Waals surface area contributed by atoms with E-state index in [0.29, 0.717) is 18.1 Å². The second-order valence-electron chi connectivity index (χ2n) is 4.95. The van der Waals surface area contributed by atoms with E-state index in [0.717, 1.165) is 19.3 Å². The first kappa shape index (κ1) is 17.8. The Kier molecular flexibility index (Phi) is 7.81. The van der Waals surface area contributed by atoms with Gasteiger partial charge in [-0.25, -0.2) is 0 Å². The van der Waals surface area contributed by atoms with Crippen molar-refractivity contribution in [2.24, 2.45) is 0 Å². The van der Waals surface area contributed by atoms with Crippen LogP contribution < -0.4 is 14.8 Å². The summed E-state index contributed by atoms with van der Waals surface area (Å²) in [5.74, 6) is -0.376. The summed E-state index contributed by atoms with van der Waals surface area (Å²) in [5.41, 5.74) is 0. The smallest absolute Gasteiger partial charge is 0.325 e. The van der Waals surface area contributed by atoms with Crippen molar-refractivity contribution in [1.82, 2.24) is 5.32 Å². The summed E-state index contributed by atoms with van der Waals surface area (Å²) in [7, 11) is 0. The Morgan fingerprint density at radius 3 is 2.55 bits per heavy atom. The summed E-state index contributed by atoms with van der Waals surface area (Å²) in [6.07, 6.45) is 3.26. The van der Waals surface area contributed by atoms with Crippen molar-refractivity contribution in [3.05, 3.63) is 24.3 Å². The van der Waals surface area contributed by atoms with E-state index in [-0.39, 0.29) is 6.61 Å². The Morgan fingerprint density at radius 2 is 1.91 bits per heavy atom. The van der Waals surface area contributed by atoms with E-state index < -0.39 is 17.9 Å². The van der Waals surface area contributed by atoms with Crippen LogP contribution >= 0.6 is 0 Å². The number of carboxylic acids is 1. The topological polar surface area (TPSA) is 84.9 Å². The van der Waals surface area contributed by atoms with Crippen LogP contribution in [0.2, 0.25) is 0 Å². The van der Waals surface area contributed by atoms with Crippen molar-refractivity contribution in [3.63, 3.8) is 0 Å². The quantitative estimate of drug-likeness (QED) is 0.647. The molecule has 0 bridgehead atoms. The maximum Gasteiger partial charge on any atom is 0.325 e. The highest BCUT2D eigenvalue weighted by molar-refractivity contribution is 5.84. The largest absolute Gasteiger partial charge is 0.493 e. The predicted molar refractivity (Wildman–Crippen MR) is 82.2 cm³/mol. The molecule has 0 aliphatic heterocycles. The Hall–Kier alpha value is -2.24. The van der Waals surface area contributed by atoms with Crippen molar-refractivity contribution in [2.45, 2.75) is 39.2 Å². The molecule has 0 saturated heterocycles. The third-order valence-corrected chi connectivity index (χ3v) is 2.94. The maximum absolute atomic E-state index is 11.5. The zero-order valence-electron chi connectivity index (χ0n) is 13.0. The number of rotatable bonds is 10. The lowest BCUT2D eigenvalue weighted by Gasteiger charge is -2.11. The Labute approximate surface area is 130 Å². The number of benzene rings is 1. The van der Waals surface area contributed by atoms with Crippen LogP contribution in [0.4, 0.5) is 0 Å². The lowest BCUT2D eigenvalue weighted by Crippen LogP contribution is -2.40. The first-order valence-corrected chi connectivity index (χ1v) is 7.40. The highest BCUT2D eigenvalue weighted by Gasteiger charge is 2.14. The minimum Gasteiger partial charge on any atom is -0.493 e. The summed E-state index contributed by atoms with van der Waals surface area (Å²) in [5, 5.41) is 11.0. The van der Waals surface area contributed by atoms with Gasteiger partial charge in [-0.1, -0.05) is 25.8 Å². The monoisotopic (exact) mass is 309 g/mol. The summed E-state index contributed by atoms with van der Waals surface area (Å²) in [6.45, 7) is 3.93. The third-order valence-electron chi connectivity index (χ3n) is 2.94. The molecule has 1 atom stereocenters. The van der Waals surface area contributed by atoms with Gasteiger partial charge in [-0.2, -0.15) is 0 Å². The summed E-state index contributed by atoms with van der Waals surface area (Å²) in [4.78, 5) is 22.2. The fraction of sp³-hybridized carbons (Fsp3) is 0.500. The van der Waals surface area contributed by atoms with Gasteiger partial charge >= 0.3 is 5.97 Å². The molecule has 0 fully saturated rings. The molecule has 0 heterocycles. The van der Waals surface area contributed by atoms with Gasteiger partial charge in [0.2, 0.25) is 0 Å². The summed E-state index contributed by atoms with van der Waals surface area (Å²) in [6, 6.07) is 6.09. The highest BCUT2D eigenvalue weighted by Crippen LogP contribution is 2.19. The average Bonchev–Trinajstić information content (AvgIpc) is 2.50. The summed E-state index contributed by atoms with van der Waals surface area (Å²) >= 11 is 0. The van der Waals surface area contributed by atoms with Crippen LogP contribution in [-0.2, 0) is 9.59 Å². The SMILES string of the molecule is CCCCCOc1cccc(OCC(=O)NC(C)C(=O)O)c1. The molecular formula is C16H23NO5. The molecule has 6 heteroatoms. The van der Waals surface area contributed by atoms with E-state index in [1.807, 2.05) is 6.07 Å².